The van der Waals surface area contributed by atoms with Gasteiger partial charge in [-0.2, -0.15) is 0 Å². The number of hydrogen-bond acceptors (Lipinski definition) is 3. The molecule has 3 nitrogen and oxygen atoms in total. The summed E-state index contributed by atoms with van der Waals surface area (Å²) in [5.74, 6) is 0.680. The van der Waals surface area contributed by atoms with Gasteiger partial charge < -0.3 is 14.9 Å². The van der Waals surface area contributed by atoms with E-state index in [9.17, 15) is 0 Å². The standard InChI is InChI=1S/C19H30N2O/c1-2-20-15-18(17-6-4-3-5-7-17)14-19(16-20)8-10-21(11-9-19)12-13-22/h3-7,18,22H,2,8-16H2,1H3. The first kappa shape index (κ1) is 16.0. The molecule has 0 aromatic heterocycles. The predicted octanol–water partition coefficient (Wildman–Crippen LogP) is 2.57. The molecule has 3 rings (SSSR count). The molecule has 2 saturated heterocycles. The molecule has 1 aromatic rings. The summed E-state index contributed by atoms with van der Waals surface area (Å²) in [6.45, 7) is 9.37. The Morgan fingerprint density at radius 1 is 1.14 bits per heavy atom. The second-order valence-corrected chi connectivity index (χ2v) is 7.20. The number of aliphatic hydroxyl groups excluding tert-OH is 1. The third-order valence-electron chi connectivity index (χ3n) is 5.77. The molecule has 122 valence electrons. The monoisotopic (exact) mass is 302 g/mol. The molecule has 1 aromatic carbocycles. The molecule has 0 aliphatic carbocycles. The third-order valence-corrected chi connectivity index (χ3v) is 5.77. The number of benzene rings is 1. The van der Waals surface area contributed by atoms with Crippen molar-refractivity contribution in [2.45, 2.75) is 32.1 Å². The molecule has 2 heterocycles. The van der Waals surface area contributed by atoms with Gasteiger partial charge in [0.15, 0.2) is 0 Å². The zero-order chi connectivity index (χ0) is 15.4. The summed E-state index contributed by atoms with van der Waals surface area (Å²) in [5.41, 5.74) is 2.00. The van der Waals surface area contributed by atoms with Crippen LogP contribution in [0.3, 0.4) is 0 Å². The van der Waals surface area contributed by atoms with Gasteiger partial charge in [0, 0.05) is 19.6 Å². The van der Waals surface area contributed by atoms with Gasteiger partial charge >= 0.3 is 0 Å². The van der Waals surface area contributed by atoms with Crippen LogP contribution in [0.2, 0.25) is 0 Å². The summed E-state index contributed by atoms with van der Waals surface area (Å²) in [7, 11) is 0. The van der Waals surface area contributed by atoms with Gasteiger partial charge in [0.1, 0.15) is 0 Å². The molecule has 1 atom stereocenters. The van der Waals surface area contributed by atoms with Gasteiger partial charge in [0.2, 0.25) is 0 Å². The van der Waals surface area contributed by atoms with E-state index in [0.29, 0.717) is 17.9 Å². The minimum Gasteiger partial charge on any atom is -0.395 e. The van der Waals surface area contributed by atoms with Gasteiger partial charge in [-0.25, -0.2) is 0 Å². The van der Waals surface area contributed by atoms with Gasteiger partial charge in [-0.15, -0.1) is 0 Å². The van der Waals surface area contributed by atoms with Gasteiger partial charge in [0.25, 0.3) is 0 Å². The van der Waals surface area contributed by atoms with Crippen LogP contribution >= 0.6 is 0 Å². The van der Waals surface area contributed by atoms with Gasteiger partial charge in [-0.1, -0.05) is 37.3 Å². The molecule has 3 heteroatoms. The lowest BCUT2D eigenvalue weighted by Crippen LogP contribution is -2.51. The van der Waals surface area contributed by atoms with Crippen molar-refractivity contribution in [3.63, 3.8) is 0 Å². The van der Waals surface area contributed by atoms with Crippen molar-refractivity contribution in [3.8, 4) is 0 Å². The van der Waals surface area contributed by atoms with Crippen molar-refractivity contribution in [1.29, 1.82) is 0 Å². The lowest BCUT2D eigenvalue weighted by molar-refractivity contribution is 0.0122. The van der Waals surface area contributed by atoms with Crippen LogP contribution in [0.25, 0.3) is 0 Å². The molecular weight excluding hydrogens is 272 g/mol. The first-order valence-corrected chi connectivity index (χ1v) is 8.85. The third kappa shape index (κ3) is 3.53. The van der Waals surface area contributed by atoms with Crippen molar-refractivity contribution < 1.29 is 5.11 Å². The average Bonchev–Trinajstić information content (AvgIpc) is 2.58. The lowest BCUT2D eigenvalue weighted by atomic mass is 9.68. The number of β-amino-alcohol motifs (C(OH)–C–C–N with tert-alkyl or cyclic N) is 1. The minimum absolute atomic E-state index is 0.292. The highest BCUT2D eigenvalue weighted by molar-refractivity contribution is 5.21. The van der Waals surface area contributed by atoms with E-state index < -0.39 is 0 Å². The summed E-state index contributed by atoms with van der Waals surface area (Å²) in [6, 6.07) is 11.1. The van der Waals surface area contributed by atoms with Crippen LogP contribution in [0.5, 0.6) is 0 Å². The number of likely N-dealkylation sites (N-methyl/N-ethyl adjacent to an activating group) is 1. The van der Waals surface area contributed by atoms with Crippen LogP contribution < -0.4 is 0 Å². The topological polar surface area (TPSA) is 26.7 Å². The van der Waals surface area contributed by atoms with E-state index in [1.807, 2.05) is 0 Å². The minimum atomic E-state index is 0.292. The first-order chi connectivity index (χ1) is 10.7. The summed E-state index contributed by atoms with van der Waals surface area (Å²) < 4.78 is 0. The predicted molar refractivity (Wildman–Crippen MR) is 91.1 cm³/mol. The van der Waals surface area contributed by atoms with E-state index in [0.717, 1.165) is 26.2 Å². The Morgan fingerprint density at radius 2 is 1.86 bits per heavy atom. The van der Waals surface area contributed by atoms with E-state index in [2.05, 4.69) is 47.1 Å². The molecule has 0 radical (unpaired) electrons. The molecule has 22 heavy (non-hydrogen) atoms. The van der Waals surface area contributed by atoms with Crippen LogP contribution in [0, 0.1) is 5.41 Å². The highest BCUT2D eigenvalue weighted by atomic mass is 16.3. The van der Waals surface area contributed by atoms with E-state index in [1.54, 1.807) is 0 Å². The Labute approximate surface area is 134 Å². The number of piperidine rings is 2. The Morgan fingerprint density at radius 3 is 2.50 bits per heavy atom. The summed E-state index contributed by atoms with van der Waals surface area (Å²) in [5, 5.41) is 9.14. The summed E-state index contributed by atoms with van der Waals surface area (Å²) in [6.07, 6.45) is 3.90. The Hall–Kier alpha value is -0.900. The fraction of sp³-hybridized carbons (Fsp3) is 0.684. The maximum atomic E-state index is 9.14. The number of hydrogen-bond donors (Lipinski definition) is 1. The molecule has 2 aliphatic rings. The average molecular weight is 302 g/mol. The largest absolute Gasteiger partial charge is 0.395 e. The van der Waals surface area contributed by atoms with Gasteiger partial charge in [0.05, 0.1) is 6.61 Å². The number of aliphatic hydroxyl groups is 1. The maximum Gasteiger partial charge on any atom is 0.0558 e. The SMILES string of the molecule is CCN1CC(c2ccccc2)CC2(CCN(CCO)CC2)C1. The smallest absolute Gasteiger partial charge is 0.0558 e. The molecule has 0 amide bonds. The van der Waals surface area contributed by atoms with Crippen LogP contribution in [0.1, 0.15) is 37.7 Å². The normalized spacial score (nSPS) is 26.4. The number of nitrogens with zero attached hydrogens (tertiary/aromatic N) is 2. The van der Waals surface area contributed by atoms with Crippen molar-refractivity contribution in [2.24, 2.45) is 5.41 Å². The van der Waals surface area contributed by atoms with Crippen LogP contribution in [0.15, 0.2) is 30.3 Å². The maximum absolute atomic E-state index is 9.14. The number of likely N-dealkylation sites (tertiary alicyclic amines) is 2. The summed E-state index contributed by atoms with van der Waals surface area (Å²) in [4.78, 5) is 5.08. The molecule has 1 N–H and O–H groups in total. The fourth-order valence-electron chi connectivity index (χ4n) is 4.45. The lowest BCUT2D eigenvalue weighted by Gasteiger charge is -2.50. The molecule has 0 saturated carbocycles. The number of rotatable bonds is 4. The highest BCUT2D eigenvalue weighted by Gasteiger charge is 2.41. The summed E-state index contributed by atoms with van der Waals surface area (Å²) >= 11 is 0. The zero-order valence-electron chi connectivity index (χ0n) is 13.9. The van der Waals surface area contributed by atoms with Crippen LogP contribution in [0.4, 0.5) is 0 Å². The quantitative estimate of drug-likeness (QED) is 0.926. The second kappa shape index (κ2) is 7.12. The second-order valence-electron chi connectivity index (χ2n) is 7.20. The van der Waals surface area contributed by atoms with Gasteiger partial charge in [-0.3, -0.25) is 0 Å². The molecule has 2 fully saturated rings. The van der Waals surface area contributed by atoms with E-state index in [-0.39, 0.29) is 0 Å². The fourth-order valence-corrected chi connectivity index (χ4v) is 4.45. The van der Waals surface area contributed by atoms with Crippen molar-refractivity contribution in [1.82, 2.24) is 9.80 Å². The van der Waals surface area contributed by atoms with Crippen molar-refractivity contribution >= 4 is 0 Å². The van der Waals surface area contributed by atoms with E-state index in [1.165, 1.54) is 37.9 Å². The van der Waals surface area contributed by atoms with Crippen molar-refractivity contribution in [2.75, 3.05) is 45.9 Å². The molecule has 1 spiro atoms. The molecular formula is C19H30N2O. The Bertz CT molecular complexity index is 454. The Kier molecular flexibility index (Phi) is 5.17. The molecule has 2 aliphatic heterocycles. The van der Waals surface area contributed by atoms with E-state index >= 15 is 0 Å². The van der Waals surface area contributed by atoms with Crippen LogP contribution in [-0.4, -0.2) is 60.8 Å². The molecule has 0 bridgehead atoms. The van der Waals surface area contributed by atoms with E-state index in [4.69, 9.17) is 5.11 Å². The van der Waals surface area contributed by atoms with Crippen LogP contribution in [-0.2, 0) is 0 Å². The van der Waals surface area contributed by atoms with Crippen molar-refractivity contribution in [3.05, 3.63) is 35.9 Å². The molecule has 1 unspecified atom stereocenters. The first-order valence-electron chi connectivity index (χ1n) is 8.85. The Balaban J connectivity index is 1.72. The van der Waals surface area contributed by atoms with Gasteiger partial charge in [-0.05, 0) is 55.8 Å². The highest BCUT2D eigenvalue weighted by Crippen LogP contribution is 2.44. The zero-order valence-corrected chi connectivity index (χ0v) is 13.9.